The highest BCUT2D eigenvalue weighted by Gasteiger charge is 2.27. The van der Waals surface area contributed by atoms with Gasteiger partial charge in [0.1, 0.15) is 0 Å². The third-order valence-corrected chi connectivity index (χ3v) is 3.96. The second-order valence-corrected chi connectivity index (χ2v) is 5.83. The minimum Gasteiger partial charge on any atom is -0.337 e. The van der Waals surface area contributed by atoms with Crippen molar-refractivity contribution in [1.82, 2.24) is 14.8 Å². The lowest BCUT2D eigenvalue weighted by Crippen LogP contribution is -2.47. The zero-order chi connectivity index (χ0) is 15.2. The maximum absolute atomic E-state index is 12.2. The van der Waals surface area contributed by atoms with E-state index in [1.807, 2.05) is 12.1 Å². The molecule has 21 heavy (non-hydrogen) atoms. The van der Waals surface area contributed by atoms with Gasteiger partial charge in [0.15, 0.2) is 0 Å². The van der Waals surface area contributed by atoms with E-state index in [4.69, 9.17) is 0 Å². The summed E-state index contributed by atoms with van der Waals surface area (Å²) < 4.78 is 0. The summed E-state index contributed by atoms with van der Waals surface area (Å²) >= 11 is 0. The summed E-state index contributed by atoms with van der Waals surface area (Å²) in [5.74, 6) is -0.283. The lowest BCUT2D eigenvalue weighted by atomic mass is 10.0. The second kappa shape index (κ2) is 7.20. The van der Waals surface area contributed by atoms with Crippen LogP contribution in [0.2, 0.25) is 0 Å². The normalized spacial score (nSPS) is 18.4. The van der Waals surface area contributed by atoms with Crippen molar-refractivity contribution in [2.75, 3.05) is 26.7 Å². The van der Waals surface area contributed by atoms with E-state index in [1.165, 1.54) is 4.90 Å². The molecule has 1 aromatic rings. The topological polar surface area (TPSA) is 53.5 Å². The first kappa shape index (κ1) is 15.5. The molecule has 1 saturated heterocycles. The van der Waals surface area contributed by atoms with Crippen LogP contribution in [0, 0.1) is 5.92 Å². The third kappa shape index (κ3) is 4.28. The van der Waals surface area contributed by atoms with Crippen LogP contribution in [0.15, 0.2) is 24.5 Å². The number of nitrogens with zero attached hydrogens (tertiary/aromatic N) is 3. The average molecular weight is 289 g/mol. The van der Waals surface area contributed by atoms with Gasteiger partial charge in [-0.2, -0.15) is 0 Å². The van der Waals surface area contributed by atoms with Crippen LogP contribution in [0.3, 0.4) is 0 Å². The monoisotopic (exact) mass is 289 g/mol. The molecule has 1 atom stereocenters. The number of rotatable bonds is 3. The summed E-state index contributed by atoms with van der Waals surface area (Å²) in [5.41, 5.74) is 1.11. The van der Waals surface area contributed by atoms with E-state index < -0.39 is 5.91 Å². The van der Waals surface area contributed by atoms with Gasteiger partial charge >= 0.3 is 11.8 Å². The largest absolute Gasteiger partial charge is 0.337 e. The summed E-state index contributed by atoms with van der Waals surface area (Å²) in [6, 6.07) is 3.85. The SMILES string of the molecule is CC1CCCN(C(=O)C(=O)N(C)CCc2ccncc2)C1. The van der Waals surface area contributed by atoms with E-state index in [9.17, 15) is 9.59 Å². The van der Waals surface area contributed by atoms with Crippen molar-refractivity contribution in [2.45, 2.75) is 26.2 Å². The van der Waals surface area contributed by atoms with Crippen LogP contribution in [0.4, 0.5) is 0 Å². The molecule has 1 aromatic heterocycles. The molecule has 1 fully saturated rings. The zero-order valence-corrected chi connectivity index (χ0v) is 12.8. The predicted octanol–water partition coefficient (Wildman–Crippen LogP) is 1.34. The van der Waals surface area contributed by atoms with Gasteiger partial charge in [-0.1, -0.05) is 6.92 Å². The predicted molar refractivity (Wildman–Crippen MR) is 80.6 cm³/mol. The highest BCUT2D eigenvalue weighted by atomic mass is 16.2. The van der Waals surface area contributed by atoms with Crippen LogP contribution in [0.5, 0.6) is 0 Å². The summed E-state index contributed by atoms with van der Waals surface area (Å²) in [4.78, 5) is 31.6. The Morgan fingerprint density at radius 2 is 2.10 bits per heavy atom. The first-order chi connectivity index (χ1) is 10.1. The number of amides is 2. The van der Waals surface area contributed by atoms with E-state index in [0.29, 0.717) is 25.6 Å². The third-order valence-electron chi connectivity index (χ3n) is 3.96. The molecule has 114 valence electrons. The van der Waals surface area contributed by atoms with E-state index in [2.05, 4.69) is 11.9 Å². The maximum Gasteiger partial charge on any atom is 0.312 e. The standard InChI is InChI=1S/C16H23N3O2/c1-13-4-3-10-19(12-13)16(21)15(20)18(2)11-7-14-5-8-17-9-6-14/h5-6,8-9,13H,3-4,7,10-12H2,1-2H3. The molecule has 0 spiro atoms. The Labute approximate surface area is 126 Å². The first-order valence-electron chi connectivity index (χ1n) is 7.51. The number of carbonyl (C=O) groups is 2. The fraction of sp³-hybridized carbons (Fsp3) is 0.562. The molecular weight excluding hydrogens is 266 g/mol. The zero-order valence-electron chi connectivity index (χ0n) is 12.8. The summed E-state index contributed by atoms with van der Waals surface area (Å²) in [6.45, 7) is 4.06. The molecule has 0 aromatic carbocycles. The minimum absolute atomic E-state index is 0.362. The van der Waals surface area contributed by atoms with Crippen LogP contribution < -0.4 is 0 Å². The number of likely N-dealkylation sites (tertiary alicyclic amines) is 1. The van der Waals surface area contributed by atoms with Crippen LogP contribution in [-0.4, -0.2) is 53.3 Å². The van der Waals surface area contributed by atoms with Gasteiger partial charge in [0.05, 0.1) is 0 Å². The number of piperidine rings is 1. The van der Waals surface area contributed by atoms with Crippen LogP contribution >= 0.6 is 0 Å². The summed E-state index contributed by atoms with van der Waals surface area (Å²) in [7, 11) is 1.69. The molecule has 2 heterocycles. The maximum atomic E-state index is 12.2. The molecule has 5 nitrogen and oxygen atoms in total. The lowest BCUT2D eigenvalue weighted by molar-refractivity contribution is -0.152. The lowest BCUT2D eigenvalue weighted by Gasteiger charge is -2.31. The van der Waals surface area contributed by atoms with Crippen molar-refractivity contribution >= 4 is 11.8 Å². The van der Waals surface area contributed by atoms with Gasteiger partial charge in [0, 0.05) is 39.1 Å². The Kier molecular flexibility index (Phi) is 5.31. The molecule has 5 heteroatoms. The number of likely N-dealkylation sites (N-methyl/N-ethyl adjacent to an activating group) is 1. The van der Waals surface area contributed by atoms with Crippen molar-refractivity contribution in [3.63, 3.8) is 0 Å². The molecular formula is C16H23N3O2. The molecule has 0 radical (unpaired) electrons. The van der Waals surface area contributed by atoms with E-state index in [1.54, 1.807) is 24.3 Å². The molecule has 0 saturated carbocycles. The molecule has 0 bridgehead atoms. The number of pyridine rings is 1. The Morgan fingerprint density at radius 3 is 2.76 bits per heavy atom. The molecule has 0 N–H and O–H groups in total. The van der Waals surface area contributed by atoms with Gasteiger partial charge in [-0.15, -0.1) is 0 Å². The summed E-state index contributed by atoms with van der Waals surface area (Å²) in [6.07, 6.45) is 6.32. The van der Waals surface area contributed by atoms with Crippen LogP contribution in [0.1, 0.15) is 25.3 Å². The fourth-order valence-electron chi connectivity index (χ4n) is 2.62. The molecule has 0 aliphatic carbocycles. The second-order valence-electron chi connectivity index (χ2n) is 5.83. The van der Waals surface area contributed by atoms with Crippen molar-refractivity contribution < 1.29 is 9.59 Å². The number of carbonyl (C=O) groups excluding carboxylic acids is 2. The van der Waals surface area contributed by atoms with Gasteiger partial charge in [-0.05, 0) is 42.9 Å². The smallest absolute Gasteiger partial charge is 0.312 e. The Bertz CT molecular complexity index is 490. The molecule has 2 amide bonds. The molecule has 2 rings (SSSR count). The van der Waals surface area contributed by atoms with Crippen molar-refractivity contribution in [3.05, 3.63) is 30.1 Å². The summed E-state index contributed by atoms with van der Waals surface area (Å²) in [5, 5.41) is 0. The van der Waals surface area contributed by atoms with Gasteiger partial charge in [0.2, 0.25) is 0 Å². The molecule has 1 unspecified atom stereocenters. The highest BCUT2D eigenvalue weighted by Crippen LogP contribution is 2.15. The quantitative estimate of drug-likeness (QED) is 0.789. The molecule has 1 aliphatic heterocycles. The van der Waals surface area contributed by atoms with Gasteiger partial charge in [-0.3, -0.25) is 14.6 Å². The van der Waals surface area contributed by atoms with Crippen molar-refractivity contribution in [3.8, 4) is 0 Å². The number of hydrogen-bond donors (Lipinski definition) is 0. The van der Waals surface area contributed by atoms with E-state index in [-0.39, 0.29) is 5.91 Å². The van der Waals surface area contributed by atoms with Crippen LogP contribution in [0.25, 0.3) is 0 Å². The fourth-order valence-corrected chi connectivity index (χ4v) is 2.62. The highest BCUT2D eigenvalue weighted by molar-refractivity contribution is 6.34. The Balaban J connectivity index is 1.85. The molecule has 1 aliphatic rings. The van der Waals surface area contributed by atoms with Crippen molar-refractivity contribution in [1.29, 1.82) is 0 Å². The Hall–Kier alpha value is -1.91. The van der Waals surface area contributed by atoms with E-state index in [0.717, 1.165) is 24.8 Å². The Morgan fingerprint density at radius 1 is 1.38 bits per heavy atom. The van der Waals surface area contributed by atoms with E-state index >= 15 is 0 Å². The van der Waals surface area contributed by atoms with Gasteiger partial charge < -0.3 is 9.80 Å². The van der Waals surface area contributed by atoms with Gasteiger partial charge in [-0.25, -0.2) is 0 Å². The van der Waals surface area contributed by atoms with Crippen LogP contribution in [-0.2, 0) is 16.0 Å². The van der Waals surface area contributed by atoms with Crippen molar-refractivity contribution in [2.24, 2.45) is 5.92 Å². The number of hydrogen-bond acceptors (Lipinski definition) is 3. The first-order valence-corrected chi connectivity index (χ1v) is 7.51. The van der Waals surface area contributed by atoms with Gasteiger partial charge in [0.25, 0.3) is 0 Å². The average Bonchev–Trinajstić information content (AvgIpc) is 2.52. The number of aromatic nitrogens is 1. The minimum atomic E-state index is -0.404.